The SMILES string of the molecule is Cc1nc2ccccc2n1[C@H]1C[C@H]2CC[C@@H](C1)N2CCC1(c2ccccc2)CCN(C(=O)c2cccc3ccc(=O)[nH]c23)CC1. The van der Waals surface area contributed by atoms with Crippen LogP contribution in [0, 0.1) is 6.92 Å². The van der Waals surface area contributed by atoms with Crippen molar-refractivity contribution in [1.82, 2.24) is 24.3 Å². The van der Waals surface area contributed by atoms with Crippen LogP contribution < -0.4 is 5.56 Å². The number of piperidine rings is 2. The number of benzene rings is 3. The van der Waals surface area contributed by atoms with Gasteiger partial charge in [-0.15, -0.1) is 0 Å². The fourth-order valence-corrected chi connectivity index (χ4v) is 8.93. The third-order valence-corrected chi connectivity index (χ3v) is 11.2. The van der Waals surface area contributed by atoms with Crippen molar-refractivity contribution in [3.63, 3.8) is 0 Å². The van der Waals surface area contributed by atoms with Gasteiger partial charge in [0.25, 0.3) is 5.91 Å². The summed E-state index contributed by atoms with van der Waals surface area (Å²) in [5.41, 5.74) is 4.84. The number of aryl methyl sites for hydroxylation is 1. The topological polar surface area (TPSA) is 74.2 Å². The molecule has 0 unspecified atom stereocenters. The van der Waals surface area contributed by atoms with Crippen molar-refractivity contribution in [2.24, 2.45) is 0 Å². The summed E-state index contributed by atoms with van der Waals surface area (Å²) in [4.78, 5) is 38.5. The van der Waals surface area contributed by atoms with Crippen LogP contribution in [0.4, 0.5) is 0 Å². The van der Waals surface area contributed by atoms with Crippen molar-refractivity contribution in [3.05, 3.63) is 112 Å². The molecule has 230 valence electrons. The summed E-state index contributed by atoms with van der Waals surface area (Å²) in [7, 11) is 0. The molecule has 3 aliphatic heterocycles. The summed E-state index contributed by atoms with van der Waals surface area (Å²) >= 11 is 0. The second-order valence-corrected chi connectivity index (χ2v) is 13.5. The van der Waals surface area contributed by atoms with E-state index in [2.05, 4.69) is 76.0 Å². The summed E-state index contributed by atoms with van der Waals surface area (Å²) in [5.74, 6) is 1.14. The molecule has 3 atom stereocenters. The van der Waals surface area contributed by atoms with Crippen LogP contribution in [-0.4, -0.2) is 62.0 Å². The zero-order valence-electron chi connectivity index (χ0n) is 26.0. The summed E-state index contributed by atoms with van der Waals surface area (Å²) in [6.07, 6.45) is 7.91. The molecule has 3 aliphatic rings. The molecule has 7 heteroatoms. The van der Waals surface area contributed by atoms with E-state index < -0.39 is 0 Å². The molecule has 7 nitrogen and oxygen atoms in total. The van der Waals surface area contributed by atoms with E-state index in [1.807, 2.05) is 23.1 Å². The van der Waals surface area contributed by atoms with Gasteiger partial charge in [-0.3, -0.25) is 14.5 Å². The molecule has 45 heavy (non-hydrogen) atoms. The van der Waals surface area contributed by atoms with E-state index >= 15 is 0 Å². The summed E-state index contributed by atoms with van der Waals surface area (Å²) in [6, 6.07) is 30.3. The van der Waals surface area contributed by atoms with E-state index in [-0.39, 0.29) is 16.9 Å². The second-order valence-electron chi connectivity index (χ2n) is 13.5. The molecule has 3 saturated heterocycles. The zero-order chi connectivity index (χ0) is 30.5. The lowest BCUT2D eigenvalue weighted by Crippen LogP contribution is -2.49. The number of rotatable bonds is 6. The number of hydrogen-bond donors (Lipinski definition) is 1. The standard InChI is InChI=1S/C38H41N5O2/c1-26-39-33-12-5-6-13-34(33)43(26)31-24-29-15-16-30(25-31)42(29)23-20-38(28-9-3-2-4-10-28)18-21-41(22-19-38)37(45)32-11-7-8-27-14-17-35(44)40-36(27)32/h2-14,17,29-31H,15-16,18-25H2,1H3,(H,40,44)/t29-,30+,31+. The molecule has 0 saturated carbocycles. The molecular weight excluding hydrogens is 558 g/mol. The van der Waals surface area contributed by atoms with Crippen molar-refractivity contribution >= 4 is 27.8 Å². The normalized spacial score (nSPS) is 23.1. The van der Waals surface area contributed by atoms with E-state index in [0.717, 1.165) is 42.5 Å². The van der Waals surface area contributed by atoms with Crippen LogP contribution in [0.1, 0.15) is 72.7 Å². The largest absolute Gasteiger partial charge is 0.339 e. The van der Waals surface area contributed by atoms with Gasteiger partial charge in [0.15, 0.2) is 0 Å². The lowest BCUT2D eigenvalue weighted by Gasteiger charge is -2.45. The van der Waals surface area contributed by atoms with Crippen molar-refractivity contribution < 1.29 is 4.79 Å². The summed E-state index contributed by atoms with van der Waals surface area (Å²) in [5, 5.41) is 0.880. The third kappa shape index (κ3) is 4.98. The lowest BCUT2D eigenvalue weighted by atomic mass is 9.70. The lowest BCUT2D eigenvalue weighted by molar-refractivity contribution is 0.0608. The Bertz CT molecular complexity index is 1910. The highest BCUT2D eigenvalue weighted by atomic mass is 16.2. The molecule has 1 amide bonds. The van der Waals surface area contributed by atoms with Gasteiger partial charge in [0.05, 0.1) is 22.1 Å². The fourth-order valence-electron chi connectivity index (χ4n) is 8.93. The van der Waals surface area contributed by atoms with Crippen LogP contribution in [0.25, 0.3) is 21.9 Å². The Balaban J connectivity index is 0.995. The van der Waals surface area contributed by atoms with Crippen LogP contribution in [0.2, 0.25) is 0 Å². The summed E-state index contributed by atoms with van der Waals surface area (Å²) in [6.45, 7) is 4.68. The molecule has 8 rings (SSSR count). The first-order valence-electron chi connectivity index (χ1n) is 16.7. The first-order valence-corrected chi connectivity index (χ1v) is 16.7. The van der Waals surface area contributed by atoms with Gasteiger partial charge in [-0.2, -0.15) is 0 Å². The monoisotopic (exact) mass is 599 g/mol. The van der Waals surface area contributed by atoms with Crippen LogP contribution in [-0.2, 0) is 5.41 Å². The van der Waals surface area contributed by atoms with E-state index in [9.17, 15) is 9.59 Å². The van der Waals surface area contributed by atoms with Crippen molar-refractivity contribution in [1.29, 1.82) is 0 Å². The van der Waals surface area contributed by atoms with Gasteiger partial charge in [-0.05, 0) is 99.0 Å². The molecule has 2 aromatic heterocycles. The number of H-pyrrole nitrogens is 1. The first-order chi connectivity index (χ1) is 22.0. The van der Waals surface area contributed by atoms with E-state index in [0.29, 0.717) is 42.3 Å². The number of nitrogens with zero attached hydrogens (tertiary/aromatic N) is 4. The molecule has 5 aromatic rings. The van der Waals surface area contributed by atoms with Crippen molar-refractivity contribution in [3.8, 4) is 0 Å². The molecule has 0 aliphatic carbocycles. The average Bonchev–Trinajstić information content (AvgIpc) is 3.53. The highest BCUT2D eigenvalue weighted by Gasteiger charge is 2.44. The molecule has 0 radical (unpaired) electrons. The third-order valence-electron chi connectivity index (χ3n) is 11.2. The Morgan fingerprint density at radius 1 is 0.867 bits per heavy atom. The Morgan fingerprint density at radius 3 is 2.38 bits per heavy atom. The highest BCUT2D eigenvalue weighted by Crippen LogP contribution is 2.45. The number of aromatic nitrogens is 3. The van der Waals surface area contributed by atoms with Gasteiger partial charge in [-0.1, -0.05) is 54.6 Å². The number of carbonyl (C=O) groups excluding carboxylic acids is 1. The smallest absolute Gasteiger partial charge is 0.255 e. The molecule has 3 aromatic carbocycles. The number of hydrogen-bond acceptors (Lipinski definition) is 4. The number of carbonyl (C=O) groups is 1. The predicted octanol–water partition coefficient (Wildman–Crippen LogP) is 6.62. The molecule has 0 spiro atoms. The number of imidazole rings is 1. The maximum Gasteiger partial charge on any atom is 0.255 e. The first kappa shape index (κ1) is 28.3. The second kappa shape index (κ2) is 11.3. The van der Waals surface area contributed by atoms with Gasteiger partial charge in [0.1, 0.15) is 5.82 Å². The van der Waals surface area contributed by atoms with Gasteiger partial charge in [0.2, 0.25) is 5.56 Å². The maximum absolute atomic E-state index is 13.8. The number of likely N-dealkylation sites (tertiary alicyclic amines) is 1. The van der Waals surface area contributed by atoms with Gasteiger partial charge < -0.3 is 14.5 Å². The number of amides is 1. The zero-order valence-corrected chi connectivity index (χ0v) is 26.0. The minimum absolute atomic E-state index is 0.00606. The Labute approximate surface area is 263 Å². The number of nitrogens with one attached hydrogen (secondary N) is 1. The van der Waals surface area contributed by atoms with Crippen molar-refractivity contribution in [2.45, 2.75) is 75.4 Å². The van der Waals surface area contributed by atoms with E-state index in [1.54, 1.807) is 6.07 Å². The van der Waals surface area contributed by atoms with Gasteiger partial charge in [0, 0.05) is 37.3 Å². The van der Waals surface area contributed by atoms with Gasteiger partial charge >= 0.3 is 0 Å². The molecule has 3 fully saturated rings. The number of fused-ring (bicyclic) bond motifs is 4. The molecule has 1 N–H and O–H groups in total. The number of pyridine rings is 1. The van der Waals surface area contributed by atoms with Gasteiger partial charge in [-0.25, -0.2) is 4.98 Å². The van der Waals surface area contributed by atoms with Crippen LogP contribution in [0.5, 0.6) is 0 Å². The Morgan fingerprint density at radius 2 is 1.60 bits per heavy atom. The minimum Gasteiger partial charge on any atom is -0.339 e. The van der Waals surface area contributed by atoms with E-state index in [4.69, 9.17) is 4.98 Å². The maximum atomic E-state index is 13.8. The van der Waals surface area contributed by atoms with Crippen LogP contribution >= 0.6 is 0 Å². The van der Waals surface area contributed by atoms with Crippen LogP contribution in [0.15, 0.2) is 89.7 Å². The van der Waals surface area contributed by atoms with E-state index in [1.165, 1.54) is 42.8 Å². The number of aromatic amines is 1. The quantitative estimate of drug-likeness (QED) is 0.238. The average molecular weight is 600 g/mol. The molecule has 5 heterocycles. The molecule has 2 bridgehead atoms. The van der Waals surface area contributed by atoms with Crippen molar-refractivity contribution in [2.75, 3.05) is 19.6 Å². The Kier molecular flexibility index (Phi) is 7.09. The number of para-hydroxylation sites is 3. The van der Waals surface area contributed by atoms with Crippen LogP contribution in [0.3, 0.4) is 0 Å². The highest BCUT2D eigenvalue weighted by molar-refractivity contribution is 6.05. The summed E-state index contributed by atoms with van der Waals surface area (Å²) < 4.78 is 2.52. The minimum atomic E-state index is -0.184. The fraction of sp³-hybridized carbons (Fsp3) is 0.395. The Hall–Kier alpha value is -4.23. The molecular formula is C38H41N5O2. The predicted molar refractivity (Wildman–Crippen MR) is 179 cm³/mol.